The maximum Gasteiger partial charge on any atom is 0.252 e. The number of sulfonamides is 1. The third-order valence-electron chi connectivity index (χ3n) is 2.61. The normalized spacial score (nSPS) is 26.4. The maximum atomic E-state index is 12.5. The Bertz CT molecular complexity index is 517. The van der Waals surface area contributed by atoms with Gasteiger partial charge >= 0.3 is 0 Å². The summed E-state index contributed by atoms with van der Waals surface area (Å²) in [6.45, 7) is 2.69. The number of morpholine rings is 1. The molecule has 1 fully saturated rings. The van der Waals surface area contributed by atoms with Crippen molar-refractivity contribution < 1.29 is 13.2 Å². The molecule has 2 rings (SSSR count). The van der Waals surface area contributed by atoms with E-state index in [4.69, 9.17) is 4.74 Å². The highest BCUT2D eigenvalue weighted by molar-refractivity contribution is 9.11. The van der Waals surface area contributed by atoms with Crippen LogP contribution >= 0.6 is 43.2 Å². The van der Waals surface area contributed by atoms with Crippen molar-refractivity contribution in [3.8, 4) is 0 Å². The van der Waals surface area contributed by atoms with Gasteiger partial charge in [0.15, 0.2) is 0 Å². The summed E-state index contributed by atoms with van der Waals surface area (Å²) in [5.74, 6) is 0. The predicted molar refractivity (Wildman–Crippen MR) is 78.9 cm³/mol. The number of thiophene rings is 1. The van der Waals surface area contributed by atoms with E-state index in [-0.39, 0.29) is 12.2 Å². The van der Waals surface area contributed by atoms with Gasteiger partial charge in [-0.15, -0.1) is 11.3 Å². The van der Waals surface area contributed by atoms with Gasteiger partial charge in [0.2, 0.25) is 0 Å². The van der Waals surface area contributed by atoms with Gasteiger partial charge in [-0.1, -0.05) is 15.9 Å². The van der Waals surface area contributed by atoms with E-state index < -0.39 is 10.0 Å². The molecule has 1 aromatic rings. The van der Waals surface area contributed by atoms with Crippen LogP contribution < -0.4 is 0 Å². The minimum Gasteiger partial charge on any atom is -0.372 e. The minimum atomic E-state index is -3.40. The van der Waals surface area contributed by atoms with Crippen molar-refractivity contribution in [2.24, 2.45) is 0 Å². The highest BCUT2D eigenvalue weighted by Gasteiger charge is 2.34. The number of hydrogen-bond donors (Lipinski definition) is 0. The van der Waals surface area contributed by atoms with Gasteiger partial charge in [0.05, 0.1) is 16.0 Å². The van der Waals surface area contributed by atoms with E-state index >= 15 is 0 Å². The standard InChI is InChI=1S/C10H13Br2NO3S2/c1-7-5-13(6-8(4-11)16-7)18(14,15)10-3-2-9(12)17-10/h2-3,7-8H,4-6H2,1H3. The van der Waals surface area contributed by atoms with Crippen molar-refractivity contribution in [1.29, 1.82) is 0 Å². The first-order valence-corrected chi connectivity index (χ1v) is 9.57. The van der Waals surface area contributed by atoms with Crippen LogP contribution in [0.2, 0.25) is 0 Å². The first-order chi connectivity index (χ1) is 8.43. The predicted octanol–water partition coefficient (Wildman–Crippen LogP) is 2.68. The Morgan fingerprint density at radius 1 is 1.50 bits per heavy atom. The molecular weight excluding hydrogens is 406 g/mol. The summed E-state index contributed by atoms with van der Waals surface area (Å²) in [6.07, 6.45) is -0.175. The SMILES string of the molecule is CC1CN(S(=O)(=O)c2ccc(Br)s2)CC(CBr)O1. The van der Waals surface area contributed by atoms with Crippen LogP contribution in [0.25, 0.3) is 0 Å². The third-order valence-corrected chi connectivity index (χ3v) is 7.25. The van der Waals surface area contributed by atoms with Gasteiger partial charge in [-0.05, 0) is 35.0 Å². The Balaban J connectivity index is 2.24. The third kappa shape index (κ3) is 3.16. The molecule has 0 N–H and O–H groups in total. The zero-order valence-corrected chi connectivity index (χ0v) is 14.5. The van der Waals surface area contributed by atoms with Gasteiger partial charge < -0.3 is 4.74 Å². The van der Waals surface area contributed by atoms with Gasteiger partial charge in [0, 0.05) is 18.4 Å². The van der Waals surface area contributed by atoms with Gasteiger partial charge in [-0.25, -0.2) is 8.42 Å². The summed E-state index contributed by atoms with van der Waals surface area (Å²) in [4.78, 5) is 0. The number of ether oxygens (including phenoxy) is 1. The molecule has 8 heteroatoms. The summed E-state index contributed by atoms with van der Waals surface area (Å²) < 4.78 is 33.2. The number of nitrogens with zero attached hydrogens (tertiary/aromatic N) is 1. The molecule has 0 radical (unpaired) electrons. The van der Waals surface area contributed by atoms with Crippen molar-refractivity contribution in [2.75, 3.05) is 18.4 Å². The van der Waals surface area contributed by atoms with Crippen molar-refractivity contribution in [2.45, 2.75) is 23.3 Å². The molecule has 1 aromatic heterocycles. The molecule has 102 valence electrons. The highest BCUT2D eigenvalue weighted by atomic mass is 79.9. The zero-order chi connectivity index (χ0) is 13.3. The molecule has 0 spiro atoms. The van der Waals surface area contributed by atoms with Gasteiger partial charge in [-0.2, -0.15) is 4.31 Å². The molecule has 1 aliphatic heterocycles. The molecule has 18 heavy (non-hydrogen) atoms. The molecule has 0 aliphatic carbocycles. The fourth-order valence-electron chi connectivity index (χ4n) is 1.85. The van der Waals surface area contributed by atoms with Crippen LogP contribution in [0.4, 0.5) is 0 Å². The van der Waals surface area contributed by atoms with E-state index in [9.17, 15) is 8.42 Å². The summed E-state index contributed by atoms with van der Waals surface area (Å²) in [7, 11) is -3.40. The van der Waals surface area contributed by atoms with Crippen molar-refractivity contribution >= 4 is 53.2 Å². The number of rotatable bonds is 3. The minimum absolute atomic E-state index is 0.0838. The molecule has 4 nitrogen and oxygen atoms in total. The van der Waals surface area contributed by atoms with Crippen molar-refractivity contribution in [1.82, 2.24) is 4.31 Å². The largest absolute Gasteiger partial charge is 0.372 e. The summed E-state index contributed by atoms with van der Waals surface area (Å²) in [5, 5.41) is 0.636. The second kappa shape index (κ2) is 5.88. The molecule has 0 aromatic carbocycles. The van der Waals surface area contributed by atoms with Crippen LogP contribution in [-0.4, -0.2) is 43.4 Å². The monoisotopic (exact) mass is 417 g/mol. The number of hydrogen-bond acceptors (Lipinski definition) is 4. The summed E-state index contributed by atoms with van der Waals surface area (Å²) in [6, 6.07) is 3.39. The van der Waals surface area contributed by atoms with Crippen LogP contribution in [-0.2, 0) is 14.8 Å². The smallest absolute Gasteiger partial charge is 0.252 e. The van der Waals surface area contributed by atoms with Crippen LogP contribution in [0.5, 0.6) is 0 Å². The first kappa shape index (κ1) is 14.9. The van der Waals surface area contributed by atoms with E-state index in [0.717, 1.165) is 3.79 Å². The second-order valence-electron chi connectivity index (χ2n) is 4.10. The van der Waals surface area contributed by atoms with Gasteiger partial charge in [-0.3, -0.25) is 0 Å². The molecule has 1 saturated heterocycles. The van der Waals surface area contributed by atoms with Gasteiger partial charge in [0.1, 0.15) is 4.21 Å². The molecule has 2 atom stereocenters. The molecule has 1 aliphatic rings. The summed E-state index contributed by atoms with van der Waals surface area (Å²) in [5.41, 5.74) is 0. The van der Waals surface area contributed by atoms with Crippen LogP contribution in [0.15, 0.2) is 20.1 Å². The fourth-order valence-corrected chi connectivity index (χ4v) is 5.92. The molecule has 0 saturated carbocycles. The van der Waals surface area contributed by atoms with E-state index in [2.05, 4.69) is 31.9 Å². The fraction of sp³-hybridized carbons (Fsp3) is 0.600. The summed E-state index contributed by atoms with van der Waals surface area (Å²) >= 11 is 7.86. The zero-order valence-electron chi connectivity index (χ0n) is 9.68. The molecule has 0 amide bonds. The topological polar surface area (TPSA) is 46.6 Å². The van der Waals surface area contributed by atoms with E-state index in [1.807, 2.05) is 6.92 Å². The Morgan fingerprint density at radius 3 is 2.78 bits per heavy atom. The Morgan fingerprint density at radius 2 is 2.22 bits per heavy atom. The van der Waals surface area contributed by atoms with E-state index in [1.54, 1.807) is 12.1 Å². The second-order valence-corrected chi connectivity index (χ2v) is 9.38. The van der Waals surface area contributed by atoms with Crippen LogP contribution in [0.1, 0.15) is 6.92 Å². The van der Waals surface area contributed by atoms with Crippen LogP contribution in [0, 0.1) is 0 Å². The molecule has 2 unspecified atom stereocenters. The maximum absolute atomic E-state index is 12.5. The average Bonchev–Trinajstić information content (AvgIpc) is 2.75. The lowest BCUT2D eigenvalue weighted by Gasteiger charge is -2.34. The van der Waals surface area contributed by atoms with E-state index in [0.29, 0.717) is 22.6 Å². The lowest BCUT2D eigenvalue weighted by atomic mass is 10.3. The molecule has 2 heterocycles. The average molecular weight is 419 g/mol. The van der Waals surface area contributed by atoms with Crippen molar-refractivity contribution in [3.05, 3.63) is 15.9 Å². The number of alkyl halides is 1. The lowest BCUT2D eigenvalue weighted by Crippen LogP contribution is -2.49. The molecular formula is C10H13Br2NO3S2. The Hall–Kier alpha value is 0.530. The first-order valence-electron chi connectivity index (χ1n) is 5.40. The quantitative estimate of drug-likeness (QED) is 0.709. The Labute approximate surface area is 128 Å². The Kier molecular flexibility index (Phi) is 4.88. The lowest BCUT2D eigenvalue weighted by molar-refractivity contribution is -0.0410. The van der Waals surface area contributed by atoms with Crippen LogP contribution in [0.3, 0.4) is 0 Å². The van der Waals surface area contributed by atoms with Crippen molar-refractivity contribution in [3.63, 3.8) is 0 Å². The highest BCUT2D eigenvalue weighted by Crippen LogP contribution is 2.30. The number of halogens is 2. The molecule has 0 bridgehead atoms. The van der Waals surface area contributed by atoms with Gasteiger partial charge in [0.25, 0.3) is 10.0 Å². The van der Waals surface area contributed by atoms with E-state index in [1.165, 1.54) is 15.6 Å².